The van der Waals surface area contributed by atoms with E-state index in [0.29, 0.717) is 11.3 Å². The second kappa shape index (κ2) is 8.84. The molecule has 6 rings (SSSR count). The summed E-state index contributed by atoms with van der Waals surface area (Å²) in [6.45, 7) is 0. The largest absolute Gasteiger partial charge is 0.467 e. The Morgan fingerprint density at radius 2 is 1.81 bits per heavy atom. The molecular weight excluding hydrogens is 456 g/mol. The summed E-state index contributed by atoms with van der Waals surface area (Å²) in [5.41, 5.74) is 4.54. The first-order chi connectivity index (χ1) is 17.7. The van der Waals surface area contributed by atoms with Crippen LogP contribution in [0.2, 0.25) is 0 Å². The summed E-state index contributed by atoms with van der Waals surface area (Å²) in [4.78, 5) is 20.7. The third-order valence-electron chi connectivity index (χ3n) is 5.71. The molecule has 0 bridgehead atoms. The van der Waals surface area contributed by atoms with Crippen LogP contribution in [0.15, 0.2) is 85.3 Å². The van der Waals surface area contributed by atoms with Crippen LogP contribution in [0.1, 0.15) is 10.4 Å². The zero-order valence-corrected chi connectivity index (χ0v) is 19.1. The molecule has 10 heteroatoms. The molecule has 0 spiro atoms. The Hall–Kier alpha value is -5.25. The lowest BCUT2D eigenvalue weighted by Gasteiger charge is -2.08. The van der Waals surface area contributed by atoms with Gasteiger partial charge in [-0.25, -0.2) is 14.6 Å². The number of ether oxygens (including phenoxy) is 1. The molecule has 6 aromatic rings. The highest BCUT2D eigenvalue weighted by molar-refractivity contribution is 6.04. The minimum Gasteiger partial charge on any atom is -0.467 e. The van der Waals surface area contributed by atoms with E-state index in [-0.39, 0.29) is 11.9 Å². The van der Waals surface area contributed by atoms with Gasteiger partial charge in [-0.1, -0.05) is 18.2 Å². The van der Waals surface area contributed by atoms with Gasteiger partial charge in [0.15, 0.2) is 5.82 Å². The van der Waals surface area contributed by atoms with Crippen molar-refractivity contribution in [1.82, 2.24) is 29.9 Å². The Labute approximate surface area is 205 Å². The topological polar surface area (TPSA) is 123 Å². The van der Waals surface area contributed by atoms with Crippen LogP contribution in [0.4, 0.5) is 17.2 Å². The van der Waals surface area contributed by atoms with Gasteiger partial charge >= 0.3 is 6.01 Å². The summed E-state index contributed by atoms with van der Waals surface area (Å²) in [5, 5.41) is 20.2. The number of anilines is 3. The molecule has 0 saturated carbocycles. The molecule has 36 heavy (non-hydrogen) atoms. The maximum atomic E-state index is 12.7. The van der Waals surface area contributed by atoms with E-state index >= 15 is 0 Å². The molecule has 1 amide bonds. The Bertz CT molecular complexity index is 1700. The van der Waals surface area contributed by atoms with Crippen molar-refractivity contribution in [3.05, 3.63) is 90.9 Å². The van der Waals surface area contributed by atoms with E-state index in [1.165, 1.54) is 19.5 Å². The monoisotopic (exact) mass is 476 g/mol. The molecule has 10 nitrogen and oxygen atoms in total. The second-order valence-electron chi connectivity index (χ2n) is 8.04. The molecule has 0 atom stereocenters. The number of hydrogen-bond donors (Lipinski definition) is 3. The summed E-state index contributed by atoms with van der Waals surface area (Å²) < 4.78 is 6.80. The maximum Gasteiger partial charge on any atom is 0.316 e. The molecule has 3 heterocycles. The normalized spacial score (nSPS) is 11.0. The third kappa shape index (κ3) is 3.96. The molecule has 3 N–H and O–H groups in total. The first-order valence-electron chi connectivity index (χ1n) is 11.1. The summed E-state index contributed by atoms with van der Waals surface area (Å²) in [6, 6.07) is 21.6. The minimum atomic E-state index is -0.322. The first kappa shape index (κ1) is 21.3. The smallest absolute Gasteiger partial charge is 0.316 e. The molecule has 3 aromatic heterocycles. The molecule has 0 saturated heterocycles. The molecular formula is C26H20N8O2. The molecule has 0 aliphatic heterocycles. The van der Waals surface area contributed by atoms with Gasteiger partial charge in [0.2, 0.25) is 0 Å². The van der Waals surface area contributed by atoms with E-state index < -0.39 is 0 Å². The number of carbonyl (C=O) groups is 1. The van der Waals surface area contributed by atoms with Crippen LogP contribution in [-0.4, -0.2) is 43.0 Å². The van der Waals surface area contributed by atoms with Crippen LogP contribution in [0.5, 0.6) is 6.01 Å². The highest BCUT2D eigenvalue weighted by Crippen LogP contribution is 2.29. The Kier molecular flexibility index (Phi) is 5.23. The number of benzene rings is 3. The van der Waals surface area contributed by atoms with Crippen LogP contribution < -0.4 is 15.4 Å². The highest BCUT2D eigenvalue weighted by atomic mass is 16.5. The number of aromatic nitrogens is 6. The van der Waals surface area contributed by atoms with Crippen LogP contribution in [-0.2, 0) is 0 Å². The van der Waals surface area contributed by atoms with Crippen molar-refractivity contribution in [2.24, 2.45) is 0 Å². The van der Waals surface area contributed by atoms with E-state index in [9.17, 15) is 4.79 Å². The summed E-state index contributed by atoms with van der Waals surface area (Å²) in [5.74, 6) is 0.399. The first-order valence-corrected chi connectivity index (χ1v) is 11.1. The lowest BCUT2D eigenvalue weighted by Crippen LogP contribution is -2.13. The van der Waals surface area contributed by atoms with Gasteiger partial charge in [-0.3, -0.25) is 9.89 Å². The van der Waals surface area contributed by atoms with Crippen molar-refractivity contribution >= 4 is 44.9 Å². The molecule has 0 aliphatic rings. The fourth-order valence-electron chi connectivity index (χ4n) is 3.97. The van der Waals surface area contributed by atoms with Gasteiger partial charge < -0.3 is 15.4 Å². The number of rotatable bonds is 6. The number of fused-ring (bicyclic) bond motifs is 2. The zero-order chi connectivity index (χ0) is 24.5. The zero-order valence-electron chi connectivity index (χ0n) is 19.1. The quantitative estimate of drug-likeness (QED) is 0.318. The standard InChI is InChI=1S/C26H20N8O2/c1-36-26-27-13-17(14-28-26)25(35)31-18-5-4-6-20(12-18)34-23-8-3-2-7-21(23)24(33-34)30-19-9-10-22-16(11-19)15-29-32-22/h2-15H,1H3,(H,29,32)(H,30,33)(H,31,35). The molecule has 176 valence electrons. The van der Waals surface area contributed by atoms with Gasteiger partial charge in [-0.2, -0.15) is 5.10 Å². The van der Waals surface area contributed by atoms with Gasteiger partial charge in [0.25, 0.3) is 5.91 Å². The molecule has 0 fully saturated rings. The fourth-order valence-corrected chi connectivity index (χ4v) is 3.97. The van der Waals surface area contributed by atoms with Crippen molar-refractivity contribution < 1.29 is 9.53 Å². The number of methoxy groups -OCH3 is 1. The van der Waals surface area contributed by atoms with E-state index in [2.05, 4.69) is 30.8 Å². The number of nitrogens with one attached hydrogen (secondary N) is 3. The minimum absolute atomic E-state index is 0.202. The van der Waals surface area contributed by atoms with Crippen molar-refractivity contribution in [3.63, 3.8) is 0 Å². The number of nitrogens with zero attached hydrogens (tertiary/aromatic N) is 5. The van der Waals surface area contributed by atoms with Crippen molar-refractivity contribution in [2.45, 2.75) is 0 Å². The number of H-pyrrole nitrogens is 1. The Morgan fingerprint density at radius 1 is 0.944 bits per heavy atom. The SMILES string of the molecule is COc1ncc(C(=O)Nc2cccc(-n3nc(Nc4ccc5[nH]ncc5c4)c4ccccc43)c2)cn1. The predicted molar refractivity (Wildman–Crippen MR) is 137 cm³/mol. The van der Waals surface area contributed by atoms with Gasteiger partial charge in [0.05, 0.1) is 35.6 Å². The number of para-hydroxylation sites is 1. The van der Waals surface area contributed by atoms with Gasteiger partial charge in [-0.05, 0) is 48.5 Å². The van der Waals surface area contributed by atoms with E-state index in [1.54, 1.807) is 6.20 Å². The van der Waals surface area contributed by atoms with Gasteiger partial charge in [0.1, 0.15) is 0 Å². The molecule has 0 radical (unpaired) electrons. The molecule has 3 aromatic carbocycles. The summed E-state index contributed by atoms with van der Waals surface area (Å²) >= 11 is 0. The summed E-state index contributed by atoms with van der Waals surface area (Å²) in [7, 11) is 1.47. The van der Waals surface area contributed by atoms with Gasteiger partial charge in [-0.15, -0.1) is 5.10 Å². The van der Waals surface area contributed by atoms with Gasteiger partial charge in [0, 0.05) is 34.5 Å². The van der Waals surface area contributed by atoms with Crippen LogP contribution in [0.3, 0.4) is 0 Å². The number of aromatic amines is 1. The maximum absolute atomic E-state index is 12.7. The fraction of sp³-hybridized carbons (Fsp3) is 0.0385. The Morgan fingerprint density at radius 3 is 2.67 bits per heavy atom. The predicted octanol–water partition coefficient (Wildman–Crippen LogP) is 4.70. The van der Waals surface area contributed by atoms with Crippen molar-refractivity contribution in [1.29, 1.82) is 0 Å². The van der Waals surface area contributed by atoms with E-state index in [1.807, 2.05) is 71.4 Å². The van der Waals surface area contributed by atoms with Crippen LogP contribution in [0, 0.1) is 0 Å². The molecule has 0 unspecified atom stereocenters. The Balaban J connectivity index is 1.31. The highest BCUT2D eigenvalue weighted by Gasteiger charge is 2.14. The number of carbonyl (C=O) groups excluding carboxylic acids is 1. The summed E-state index contributed by atoms with van der Waals surface area (Å²) in [6.07, 6.45) is 4.63. The average molecular weight is 477 g/mol. The number of hydrogen-bond acceptors (Lipinski definition) is 7. The second-order valence-corrected chi connectivity index (χ2v) is 8.04. The molecule has 0 aliphatic carbocycles. The third-order valence-corrected chi connectivity index (χ3v) is 5.71. The lowest BCUT2D eigenvalue weighted by atomic mass is 10.2. The lowest BCUT2D eigenvalue weighted by molar-refractivity contribution is 0.102. The number of amides is 1. The van der Waals surface area contributed by atoms with Crippen LogP contribution >= 0.6 is 0 Å². The van der Waals surface area contributed by atoms with E-state index in [4.69, 9.17) is 9.84 Å². The average Bonchev–Trinajstić information content (AvgIpc) is 3.53. The van der Waals surface area contributed by atoms with E-state index in [0.717, 1.165) is 39.0 Å². The van der Waals surface area contributed by atoms with Crippen LogP contribution in [0.25, 0.3) is 27.5 Å². The van der Waals surface area contributed by atoms with Crippen molar-refractivity contribution in [2.75, 3.05) is 17.7 Å². The van der Waals surface area contributed by atoms with Crippen molar-refractivity contribution in [3.8, 4) is 11.7 Å².